The highest BCUT2D eigenvalue weighted by atomic mass is 32.1. The highest BCUT2D eigenvalue weighted by molar-refractivity contribution is 7.20. The third-order valence-corrected chi connectivity index (χ3v) is 3.80. The number of hydrogen-bond acceptors (Lipinski definition) is 7. The zero-order valence-corrected chi connectivity index (χ0v) is 12.5. The number of piperazine rings is 1. The lowest BCUT2D eigenvalue weighted by Crippen LogP contribution is -2.48. The third kappa shape index (κ3) is 3.70. The summed E-state index contributed by atoms with van der Waals surface area (Å²) < 4.78 is 4.88. The van der Waals surface area contributed by atoms with Crippen LogP contribution >= 0.6 is 11.3 Å². The number of nitrogens with one attached hydrogen (secondary N) is 4. The van der Waals surface area contributed by atoms with Crippen LogP contribution in [0.5, 0.6) is 0 Å². The van der Waals surface area contributed by atoms with Crippen molar-refractivity contribution < 1.29 is 9.53 Å². The van der Waals surface area contributed by atoms with Crippen molar-refractivity contribution in [2.75, 3.05) is 43.9 Å². The average molecular weight is 310 g/mol. The summed E-state index contributed by atoms with van der Waals surface area (Å²) in [6, 6.07) is -0.189. The van der Waals surface area contributed by atoms with Gasteiger partial charge in [-0.15, -0.1) is 0 Å². The zero-order valence-electron chi connectivity index (χ0n) is 11.7. The van der Waals surface area contributed by atoms with Crippen molar-refractivity contribution in [3.8, 4) is 0 Å². The largest absolute Gasteiger partial charge is 0.480 e. The Balaban J connectivity index is 2.10. The van der Waals surface area contributed by atoms with Crippen LogP contribution in [0.25, 0.3) is 0 Å². The summed E-state index contributed by atoms with van der Waals surface area (Å²) >= 11 is 1.23. The summed E-state index contributed by atoms with van der Waals surface area (Å²) in [5.74, 6) is -0.0710. The molecule has 114 valence electrons. The van der Waals surface area contributed by atoms with Crippen molar-refractivity contribution in [3.63, 3.8) is 0 Å². The molecule has 0 bridgehead atoms. The molecule has 8 nitrogen and oxygen atoms in total. The van der Waals surface area contributed by atoms with Gasteiger partial charge in [-0.3, -0.25) is 10.7 Å². The molecule has 1 aromatic rings. The maximum Gasteiger partial charge on any atom is 0.323 e. The van der Waals surface area contributed by atoms with Crippen LogP contribution in [-0.4, -0.2) is 55.1 Å². The number of nitrogens with zero attached hydrogens (tertiary/aromatic N) is 2. The van der Waals surface area contributed by atoms with Crippen molar-refractivity contribution in [2.45, 2.75) is 0 Å². The van der Waals surface area contributed by atoms with Gasteiger partial charge in [-0.1, -0.05) is 17.9 Å². The fraction of sp³-hybridized carbons (Fsp3) is 0.417. The Morgan fingerprint density at radius 1 is 1.57 bits per heavy atom. The zero-order chi connectivity index (χ0) is 15.2. The summed E-state index contributed by atoms with van der Waals surface area (Å²) in [6.45, 7) is 6.48. The number of carbonyl (C=O) groups excluding carboxylic acids is 1. The SMILES string of the molecule is C=CNc1sc(NC(=O)N2CCNCC2)nc1C(=N)OC. The van der Waals surface area contributed by atoms with Gasteiger partial charge in [-0.05, 0) is 6.20 Å². The number of carbonyl (C=O) groups is 1. The average Bonchev–Trinajstić information content (AvgIpc) is 2.90. The molecule has 4 N–H and O–H groups in total. The van der Waals surface area contributed by atoms with Crippen LogP contribution in [0.15, 0.2) is 12.8 Å². The Morgan fingerprint density at radius 2 is 2.29 bits per heavy atom. The van der Waals surface area contributed by atoms with Gasteiger partial charge in [0.25, 0.3) is 0 Å². The van der Waals surface area contributed by atoms with E-state index in [0.717, 1.165) is 13.1 Å². The number of methoxy groups -OCH3 is 1. The minimum Gasteiger partial charge on any atom is -0.480 e. The van der Waals surface area contributed by atoms with Crippen LogP contribution in [0.4, 0.5) is 14.9 Å². The lowest BCUT2D eigenvalue weighted by atomic mass is 10.4. The van der Waals surface area contributed by atoms with Crippen molar-refractivity contribution in [2.24, 2.45) is 0 Å². The molecule has 1 fully saturated rings. The number of ether oxygens (including phenoxy) is 1. The second kappa shape index (κ2) is 7.04. The summed E-state index contributed by atoms with van der Waals surface area (Å²) in [5.41, 5.74) is 0.345. The molecule has 1 aromatic heterocycles. The Hall–Kier alpha value is -2.13. The summed E-state index contributed by atoms with van der Waals surface area (Å²) in [6.07, 6.45) is 1.49. The van der Waals surface area contributed by atoms with E-state index in [-0.39, 0.29) is 11.9 Å². The fourth-order valence-electron chi connectivity index (χ4n) is 1.85. The first-order chi connectivity index (χ1) is 10.2. The molecule has 0 saturated carbocycles. The number of anilines is 2. The third-order valence-electron chi connectivity index (χ3n) is 2.90. The molecule has 0 atom stereocenters. The lowest BCUT2D eigenvalue weighted by molar-refractivity contribution is 0.204. The molecule has 1 saturated heterocycles. The van der Waals surface area contributed by atoms with Crippen LogP contribution in [0, 0.1) is 5.41 Å². The molecule has 0 aliphatic carbocycles. The first-order valence-electron chi connectivity index (χ1n) is 6.43. The topological polar surface area (TPSA) is 102 Å². The minimum absolute atomic E-state index is 0.0710. The maximum absolute atomic E-state index is 12.1. The second-order valence-corrected chi connectivity index (χ2v) is 5.24. The van der Waals surface area contributed by atoms with E-state index in [1.54, 1.807) is 4.90 Å². The molecular weight excluding hydrogens is 292 g/mol. The number of aromatic nitrogens is 1. The normalized spacial score (nSPS) is 14.4. The van der Waals surface area contributed by atoms with Gasteiger partial charge in [0.1, 0.15) is 5.00 Å². The summed E-state index contributed by atoms with van der Waals surface area (Å²) in [4.78, 5) is 18.1. The van der Waals surface area contributed by atoms with E-state index in [4.69, 9.17) is 10.1 Å². The molecule has 0 unspecified atom stereocenters. The lowest BCUT2D eigenvalue weighted by Gasteiger charge is -2.26. The van der Waals surface area contributed by atoms with Crippen LogP contribution in [0.1, 0.15) is 5.69 Å². The number of rotatable bonds is 4. The van der Waals surface area contributed by atoms with Gasteiger partial charge in [-0.25, -0.2) is 9.78 Å². The quantitative estimate of drug-likeness (QED) is 0.493. The molecule has 2 rings (SSSR count). The van der Waals surface area contributed by atoms with Gasteiger partial charge < -0.3 is 20.3 Å². The number of hydrogen-bond donors (Lipinski definition) is 4. The molecule has 1 aliphatic heterocycles. The van der Waals surface area contributed by atoms with Crippen LogP contribution in [0.2, 0.25) is 0 Å². The van der Waals surface area contributed by atoms with E-state index in [2.05, 4.69) is 27.5 Å². The smallest absolute Gasteiger partial charge is 0.323 e. The first kappa shape index (κ1) is 15.3. The Labute approximate surface area is 126 Å². The molecular formula is C12H18N6O2S. The van der Waals surface area contributed by atoms with Crippen molar-refractivity contribution in [1.29, 1.82) is 5.41 Å². The Bertz CT molecular complexity index is 538. The van der Waals surface area contributed by atoms with E-state index < -0.39 is 0 Å². The molecule has 2 amide bonds. The van der Waals surface area contributed by atoms with E-state index in [0.29, 0.717) is 28.9 Å². The van der Waals surface area contributed by atoms with Crippen molar-refractivity contribution >= 4 is 33.4 Å². The fourth-order valence-corrected chi connectivity index (χ4v) is 2.70. The number of urea groups is 1. The molecule has 1 aliphatic rings. The highest BCUT2D eigenvalue weighted by Crippen LogP contribution is 2.29. The van der Waals surface area contributed by atoms with E-state index >= 15 is 0 Å². The summed E-state index contributed by atoms with van der Waals surface area (Å²) in [5, 5.41) is 17.6. The van der Waals surface area contributed by atoms with Gasteiger partial charge in [0.2, 0.25) is 5.90 Å². The molecule has 0 aromatic carbocycles. The number of thiazole rings is 1. The Kier molecular flexibility index (Phi) is 5.12. The second-order valence-electron chi connectivity index (χ2n) is 4.25. The predicted octanol–water partition coefficient (Wildman–Crippen LogP) is 1.11. The van der Waals surface area contributed by atoms with Gasteiger partial charge in [0, 0.05) is 26.2 Å². The summed E-state index contributed by atoms with van der Waals surface area (Å²) in [7, 11) is 1.40. The van der Waals surface area contributed by atoms with Crippen LogP contribution < -0.4 is 16.0 Å². The molecule has 9 heteroatoms. The monoisotopic (exact) mass is 310 g/mol. The highest BCUT2D eigenvalue weighted by Gasteiger charge is 2.20. The van der Waals surface area contributed by atoms with Gasteiger partial charge >= 0.3 is 6.03 Å². The van der Waals surface area contributed by atoms with Crippen LogP contribution in [0.3, 0.4) is 0 Å². The minimum atomic E-state index is -0.189. The first-order valence-corrected chi connectivity index (χ1v) is 7.25. The number of amides is 2. The van der Waals surface area contributed by atoms with Crippen LogP contribution in [-0.2, 0) is 4.74 Å². The predicted molar refractivity (Wildman–Crippen MR) is 83.2 cm³/mol. The van der Waals surface area contributed by atoms with Gasteiger partial charge in [0.15, 0.2) is 10.8 Å². The molecule has 0 radical (unpaired) electrons. The molecule has 21 heavy (non-hydrogen) atoms. The van der Waals surface area contributed by atoms with Crippen molar-refractivity contribution in [3.05, 3.63) is 18.5 Å². The van der Waals surface area contributed by atoms with E-state index in [9.17, 15) is 4.79 Å². The van der Waals surface area contributed by atoms with Gasteiger partial charge in [0.05, 0.1) is 7.11 Å². The van der Waals surface area contributed by atoms with Crippen molar-refractivity contribution in [1.82, 2.24) is 15.2 Å². The Morgan fingerprint density at radius 3 is 2.90 bits per heavy atom. The van der Waals surface area contributed by atoms with E-state index in [1.807, 2.05) is 0 Å². The van der Waals surface area contributed by atoms with Gasteiger partial charge in [-0.2, -0.15) is 0 Å². The standard InChI is InChI=1S/C12H18N6O2S/c1-3-15-10-8(9(13)20-2)16-11(21-10)17-12(19)18-6-4-14-5-7-18/h3,13-15H,1,4-7H2,2H3,(H,16,17,19). The molecule has 2 heterocycles. The maximum atomic E-state index is 12.1. The van der Waals surface area contributed by atoms with E-state index in [1.165, 1.54) is 24.6 Å². The molecule has 0 spiro atoms.